The maximum Gasteiger partial charge on any atom is 0.270 e. The number of aryl methyl sites for hydroxylation is 1. The molecule has 10 heteroatoms. The van der Waals surface area contributed by atoms with Crippen molar-refractivity contribution in [3.8, 4) is 0 Å². The Bertz CT molecular complexity index is 2660. The van der Waals surface area contributed by atoms with Crippen LogP contribution < -0.4 is 14.6 Å². The molecule has 0 atom stereocenters. The number of para-hydroxylation sites is 2. The van der Waals surface area contributed by atoms with Gasteiger partial charge in [-0.2, -0.15) is 0 Å². The Morgan fingerprint density at radius 2 is 1.31 bits per heavy atom. The molecule has 0 spiro atoms. The summed E-state index contributed by atoms with van der Waals surface area (Å²) in [7, 11) is 0. The van der Waals surface area contributed by atoms with Crippen molar-refractivity contribution < 1.29 is 9.90 Å². The average molecular weight is 873 g/mol. The Hall–Kier alpha value is -4.03. The molecule has 0 fully saturated rings. The van der Waals surface area contributed by atoms with Gasteiger partial charge in [-0.15, -0.1) is 49.9 Å². The second-order valence-electron chi connectivity index (χ2n) is 14.7. The SMILES string of the molecule is CCCCCCC1=CC(=[N+](/c2ccccc2)c2cc3sccc3s2)/S/C1=C1\C(=O)C(c2sc(N(c3ccccc3)c3cc4sccc4s3)cc2CCCCCC)=C1[O-]. The van der Waals surface area contributed by atoms with Gasteiger partial charge in [0, 0.05) is 60.3 Å². The maximum absolute atomic E-state index is 14.7. The molecular formula is C48H44N2O2S6. The Morgan fingerprint density at radius 1 is 0.655 bits per heavy atom. The first-order valence-corrected chi connectivity index (χ1v) is 25.3. The van der Waals surface area contributed by atoms with Crippen molar-refractivity contribution in [3.05, 3.63) is 140 Å². The predicted octanol–water partition coefficient (Wildman–Crippen LogP) is 15.4. The number of benzene rings is 2. The number of ketones is 1. The van der Waals surface area contributed by atoms with Gasteiger partial charge in [-0.1, -0.05) is 106 Å². The van der Waals surface area contributed by atoms with Crippen molar-refractivity contribution in [2.24, 2.45) is 0 Å². The van der Waals surface area contributed by atoms with Gasteiger partial charge in [0.05, 0.1) is 9.40 Å². The number of unbranched alkanes of at least 4 members (excludes halogenated alkanes) is 6. The zero-order chi connectivity index (χ0) is 39.6. The molecule has 0 saturated carbocycles. The molecule has 6 heterocycles. The third-order valence-electron chi connectivity index (χ3n) is 10.7. The Balaban J connectivity index is 1.15. The van der Waals surface area contributed by atoms with E-state index in [4.69, 9.17) is 0 Å². The largest absolute Gasteiger partial charge is 0.871 e. The number of carbonyl (C=O) groups excluding carboxylic acids is 1. The van der Waals surface area contributed by atoms with E-state index in [2.05, 4.69) is 119 Å². The van der Waals surface area contributed by atoms with Crippen LogP contribution in [0.5, 0.6) is 0 Å². The van der Waals surface area contributed by atoms with Gasteiger partial charge in [-0.05, 0) is 95.7 Å². The highest BCUT2D eigenvalue weighted by Crippen LogP contribution is 2.52. The monoisotopic (exact) mass is 872 g/mol. The van der Waals surface area contributed by atoms with E-state index in [0.717, 1.165) is 104 Å². The summed E-state index contributed by atoms with van der Waals surface area (Å²) < 4.78 is 7.37. The minimum Gasteiger partial charge on any atom is -0.871 e. The van der Waals surface area contributed by atoms with Gasteiger partial charge in [0.15, 0.2) is 5.78 Å². The van der Waals surface area contributed by atoms with Gasteiger partial charge in [0.25, 0.3) is 10.0 Å². The van der Waals surface area contributed by atoms with E-state index < -0.39 is 0 Å². The van der Waals surface area contributed by atoms with Crippen LogP contribution in [0.15, 0.2) is 130 Å². The summed E-state index contributed by atoms with van der Waals surface area (Å²) in [5.41, 5.74) is 5.07. The normalized spacial score (nSPS) is 16.5. The topological polar surface area (TPSA) is 46.4 Å². The van der Waals surface area contributed by atoms with Crippen LogP contribution in [0.25, 0.3) is 24.4 Å². The summed E-state index contributed by atoms with van der Waals surface area (Å²) in [5, 5.41) is 23.4. The third kappa shape index (κ3) is 7.75. The number of Topliss-reactive ketones (excluding diaryl/α,β-unsaturated/α-hetero) is 1. The number of carbonyl (C=O) groups is 1. The number of rotatable bonds is 16. The molecule has 0 unspecified atom stereocenters. The van der Waals surface area contributed by atoms with E-state index in [1.54, 1.807) is 68.4 Å². The minimum atomic E-state index is -0.109. The van der Waals surface area contributed by atoms with Crippen LogP contribution in [0, 0.1) is 0 Å². The first kappa shape index (κ1) is 39.4. The van der Waals surface area contributed by atoms with Crippen LogP contribution in [-0.2, 0) is 11.2 Å². The molecule has 294 valence electrons. The molecule has 4 nitrogen and oxygen atoms in total. The van der Waals surface area contributed by atoms with Crippen molar-refractivity contribution in [2.45, 2.75) is 78.1 Å². The number of hydrogen-bond acceptors (Lipinski definition) is 9. The van der Waals surface area contributed by atoms with Crippen molar-refractivity contribution in [1.82, 2.24) is 4.58 Å². The molecule has 0 radical (unpaired) electrons. The van der Waals surface area contributed by atoms with Gasteiger partial charge >= 0.3 is 0 Å². The summed E-state index contributed by atoms with van der Waals surface area (Å²) in [6, 6.07) is 32.1. The molecule has 0 amide bonds. The molecule has 58 heavy (non-hydrogen) atoms. The van der Waals surface area contributed by atoms with Crippen molar-refractivity contribution in [3.63, 3.8) is 0 Å². The van der Waals surface area contributed by atoms with E-state index in [9.17, 15) is 9.90 Å². The second-order valence-corrected chi connectivity index (χ2v) is 20.8. The standard InChI is InChI=1S/C48H44N2O2S6/c1-3-5-7-11-17-31-27-39(49(33-19-13-9-14-20-33)41-29-37-35(55-41)23-25-53-37)57-47(31)43-45(51)44(46(43)52)48-32(18-12-8-6-4-2)28-40(58-48)50(34-21-15-10-16-22-34)42-30-38-36(56-42)24-26-54-38/h9-10,13-16,19-30H,3-8,11-12,17-18H2,1-2H3. The quantitative estimate of drug-likeness (QED) is 0.0551. The fourth-order valence-corrected chi connectivity index (χ4v) is 14.7. The molecule has 9 rings (SSSR count). The smallest absolute Gasteiger partial charge is 0.270 e. The molecule has 7 aromatic rings. The first-order valence-electron chi connectivity index (χ1n) is 20.3. The molecule has 1 aliphatic carbocycles. The molecular weight excluding hydrogens is 829 g/mol. The molecule has 0 N–H and O–H groups in total. The molecule has 0 saturated heterocycles. The lowest BCUT2D eigenvalue weighted by Gasteiger charge is -2.32. The van der Waals surface area contributed by atoms with Crippen LogP contribution >= 0.6 is 68.4 Å². The molecule has 2 aliphatic rings. The van der Waals surface area contributed by atoms with Crippen LogP contribution in [0.3, 0.4) is 0 Å². The van der Waals surface area contributed by atoms with Crippen LogP contribution in [0.2, 0.25) is 0 Å². The first-order chi connectivity index (χ1) is 28.5. The number of anilines is 3. The lowest BCUT2D eigenvalue weighted by atomic mass is 9.83. The number of thioether (sulfide) groups is 1. The second kappa shape index (κ2) is 17.7. The summed E-state index contributed by atoms with van der Waals surface area (Å²) >= 11 is 10.3. The van der Waals surface area contributed by atoms with Gasteiger partial charge in [-0.25, -0.2) is 0 Å². The van der Waals surface area contributed by atoms with E-state index in [1.807, 2.05) is 12.1 Å². The Labute approximate surface area is 364 Å². The highest BCUT2D eigenvalue weighted by atomic mass is 32.2. The third-order valence-corrected chi connectivity index (χ3v) is 17.2. The van der Waals surface area contributed by atoms with Crippen LogP contribution in [0.4, 0.5) is 26.4 Å². The molecule has 5 aromatic heterocycles. The fraction of sp³-hybridized carbons (Fsp3) is 0.250. The Kier molecular flexibility index (Phi) is 12.0. The van der Waals surface area contributed by atoms with Gasteiger partial charge in [-0.3, -0.25) is 9.69 Å². The average Bonchev–Trinajstić information content (AvgIpc) is 4.10. The van der Waals surface area contributed by atoms with Crippen LogP contribution in [0.1, 0.15) is 82.1 Å². The summed E-state index contributed by atoms with van der Waals surface area (Å²) in [6.45, 7) is 4.46. The predicted molar refractivity (Wildman–Crippen MR) is 256 cm³/mol. The summed E-state index contributed by atoms with van der Waals surface area (Å²) in [6.07, 6.45) is 12.9. The molecule has 1 aliphatic heterocycles. The van der Waals surface area contributed by atoms with Crippen molar-refractivity contribution >= 4 is 130 Å². The Morgan fingerprint density at radius 3 is 1.98 bits per heavy atom. The van der Waals surface area contributed by atoms with Gasteiger partial charge in [0.1, 0.15) is 10.0 Å². The van der Waals surface area contributed by atoms with E-state index in [1.165, 1.54) is 31.6 Å². The maximum atomic E-state index is 14.7. The number of nitrogens with zero attached hydrogens (tertiary/aromatic N) is 2. The summed E-state index contributed by atoms with van der Waals surface area (Å²) in [4.78, 5) is 18.7. The van der Waals surface area contributed by atoms with Gasteiger partial charge in [0.2, 0.25) is 5.69 Å². The minimum absolute atomic E-state index is 0.109. The molecule has 2 aromatic carbocycles. The van der Waals surface area contributed by atoms with E-state index in [-0.39, 0.29) is 11.5 Å². The van der Waals surface area contributed by atoms with Crippen LogP contribution in [-0.4, -0.2) is 10.8 Å². The zero-order valence-corrected chi connectivity index (χ0v) is 37.5. The number of thiophene rings is 5. The van der Waals surface area contributed by atoms with Crippen molar-refractivity contribution in [1.29, 1.82) is 0 Å². The van der Waals surface area contributed by atoms with Crippen molar-refractivity contribution in [2.75, 3.05) is 4.90 Å². The summed E-state index contributed by atoms with van der Waals surface area (Å²) in [5.74, 6) is -0.218. The van der Waals surface area contributed by atoms with Gasteiger partial charge < -0.3 is 5.11 Å². The fourth-order valence-electron chi connectivity index (χ4n) is 7.74. The highest BCUT2D eigenvalue weighted by Gasteiger charge is 2.39. The lowest BCUT2D eigenvalue weighted by Crippen LogP contribution is -2.30. The van der Waals surface area contributed by atoms with E-state index >= 15 is 0 Å². The van der Waals surface area contributed by atoms with E-state index in [0.29, 0.717) is 11.1 Å². The zero-order valence-electron chi connectivity index (χ0n) is 32.6. The molecule has 0 bridgehead atoms. The number of allylic oxidation sites excluding steroid dienone is 3. The lowest BCUT2D eigenvalue weighted by molar-refractivity contribution is -0.297. The number of fused-ring (bicyclic) bond motifs is 2. The number of hydrogen-bond donors (Lipinski definition) is 0. The highest BCUT2D eigenvalue weighted by molar-refractivity contribution is 8.18.